The Morgan fingerprint density at radius 1 is 1.25 bits per heavy atom. The SMILES string of the molecule is CC(C)c1cc(C(=O)N2CCc3c([nH]c4ccccc34)[C@@H]2C)nn1C(C)(C)C. The molecule has 0 spiro atoms. The van der Waals surface area contributed by atoms with Crippen LogP contribution in [0.4, 0.5) is 0 Å². The van der Waals surface area contributed by atoms with E-state index < -0.39 is 0 Å². The van der Waals surface area contributed by atoms with Crippen LogP contribution in [-0.4, -0.2) is 32.1 Å². The minimum Gasteiger partial charge on any atom is -0.356 e. The van der Waals surface area contributed by atoms with Crippen molar-refractivity contribution in [2.75, 3.05) is 6.54 Å². The highest BCUT2D eigenvalue weighted by Crippen LogP contribution is 2.35. The fourth-order valence-corrected chi connectivity index (χ4v) is 4.30. The zero-order valence-corrected chi connectivity index (χ0v) is 17.7. The van der Waals surface area contributed by atoms with Crippen molar-refractivity contribution in [1.82, 2.24) is 19.7 Å². The number of H-pyrrole nitrogens is 1. The van der Waals surface area contributed by atoms with E-state index in [1.54, 1.807) is 0 Å². The number of aromatic amines is 1. The molecule has 3 aromatic rings. The maximum Gasteiger partial charge on any atom is 0.274 e. The molecule has 5 heteroatoms. The molecule has 0 unspecified atom stereocenters. The van der Waals surface area contributed by atoms with Crippen LogP contribution in [0.15, 0.2) is 30.3 Å². The molecule has 0 saturated heterocycles. The number of rotatable bonds is 2. The van der Waals surface area contributed by atoms with E-state index in [0.717, 1.165) is 23.3 Å². The average molecular weight is 379 g/mol. The molecule has 1 aromatic carbocycles. The molecular weight excluding hydrogens is 348 g/mol. The van der Waals surface area contributed by atoms with Crippen LogP contribution in [0.3, 0.4) is 0 Å². The van der Waals surface area contributed by atoms with Crippen molar-refractivity contribution in [1.29, 1.82) is 0 Å². The van der Waals surface area contributed by atoms with Crippen LogP contribution >= 0.6 is 0 Å². The Morgan fingerprint density at radius 2 is 1.96 bits per heavy atom. The summed E-state index contributed by atoms with van der Waals surface area (Å²) in [5.41, 5.74) is 5.13. The van der Waals surface area contributed by atoms with Crippen LogP contribution in [-0.2, 0) is 12.0 Å². The number of fused-ring (bicyclic) bond motifs is 3. The molecule has 4 rings (SSSR count). The number of nitrogens with one attached hydrogen (secondary N) is 1. The predicted octanol–water partition coefficient (Wildman–Crippen LogP) is 5.00. The average Bonchev–Trinajstić information content (AvgIpc) is 3.24. The first-order valence-corrected chi connectivity index (χ1v) is 10.2. The summed E-state index contributed by atoms with van der Waals surface area (Å²) in [5, 5.41) is 6.00. The first-order chi connectivity index (χ1) is 13.2. The fourth-order valence-electron chi connectivity index (χ4n) is 4.30. The van der Waals surface area contributed by atoms with Gasteiger partial charge >= 0.3 is 0 Å². The van der Waals surface area contributed by atoms with Gasteiger partial charge in [0.15, 0.2) is 5.69 Å². The molecule has 1 amide bonds. The zero-order chi connectivity index (χ0) is 20.2. The van der Waals surface area contributed by atoms with Gasteiger partial charge in [-0.15, -0.1) is 0 Å². The highest BCUT2D eigenvalue weighted by Gasteiger charge is 2.33. The Morgan fingerprint density at radius 3 is 2.61 bits per heavy atom. The van der Waals surface area contributed by atoms with Crippen LogP contribution in [0.5, 0.6) is 0 Å². The van der Waals surface area contributed by atoms with Gasteiger partial charge in [0.1, 0.15) is 0 Å². The van der Waals surface area contributed by atoms with Gasteiger partial charge in [-0.25, -0.2) is 0 Å². The van der Waals surface area contributed by atoms with Gasteiger partial charge in [0, 0.05) is 28.8 Å². The molecule has 2 aromatic heterocycles. The van der Waals surface area contributed by atoms with Crippen molar-refractivity contribution in [2.24, 2.45) is 0 Å². The quantitative estimate of drug-likeness (QED) is 0.682. The molecule has 0 saturated carbocycles. The molecule has 1 atom stereocenters. The van der Waals surface area contributed by atoms with Crippen LogP contribution in [0.1, 0.15) is 80.9 Å². The lowest BCUT2D eigenvalue weighted by molar-refractivity contribution is 0.0667. The monoisotopic (exact) mass is 378 g/mol. The normalized spacial score (nSPS) is 17.4. The van der Waals surface area contributed by atoms with Crippen molar-refractivity contribution in [3.63, 3.8) is 0 Å². The zero-order valence-electron chi connectivity index (χ0n) is 17.7. The molecule has 1 aliphatic heterocycles. The van der Waals surface area contributed by atoms with Crippen molar-refractivity contribution in [3.8, 4) is 0 Å². The number of hydrogen-bond acceptors (Lipinski definition) is 2. The van der Waals surface area contributed by atoms with Crippen molar-refractivity contribution in [3.05, 3.63) is 53.0 Å². The number of carbonyl (C=O) groups excluding carboxylic acids is 1. The summed E-state index contributed by atoms with van der Waals surface area (Å²) in [5.74, 6) is 0.328. The Labute approximate surface area is 166 Å². The lowest BCUT2D eigenvalue weighted by atomic mass is 9.98. The second-order valence-corrected chi connectivity index (χ2v) is 9.18. The predicted molar refractivity (Wildman–Crippen MR) is 113 cm³/mol. The number of para-hydroxylation sites is 1. The summed E-state index contributed by atoms with van der Waals surface area (Å²) in [7, 11) is 0. The van der Waals surface area contributed by atoms with E-state index >= 15 is 0 Å². The number of amides is 1. The highest BCUT2D eigenvalue weighted by atomic mass is 16.2. The van der Waals surface area contributed by atoms with Gasteiger partial charge in [-0.05, 0) is 57.7 Å². The number of carbonyl (C=O) groups is 1. The molecule has 1 N–H and O–H groups in total. The third-order valence-corrected chi connectivity index (χ3v) is 5.78. The molecule has 3 heterocycles. The van der Waals surface area contributed by atoms with Gasteiger partial charge in [0.25, 0.3) is 5.91 Å². The third kappa shape index (κ3) is 2.93. The van der Waals surface area contributed by atoms with Crippen LogP contribution < -0.4 is 0 Å². The molecule has 0 aliphatic carbocycles. The topological polar surface area (TPSA) is 53.9 Å². The first-order valence-electron chi connectivity index (χ1n) is 10.2. The van der Waals surface area contributed by atoms with E-state index in [2.05, 4.69) is 64.7 Å². The Kier molecular flexibility index (Phi) is 4.36. The highest BCUT2D eigenvalue weighted by molar-refractivity contribution is 5.93. The van der Waals surface area contributed by atoms with E-state index in [-0.39, 0.29) is 17.5 Å². The number of nitrogens with zero attached hydrogens (tertiary/aromatic N) is 3. The number of aromatic nitrogens is 3. The summed E-state index contributed by atoms with van der Waals surface area (Å²) < 4.78 is 2.01. The van der Waals surface area contributed by atoms with Crippen LogP contribution in [0, 0.1) is 0 Å². The van der Waals surface area contributed by atoms with Gasteiger partial charge in [0.05, 0.1) is 11.6 Å². The molecular formula is C23H30N4O. The number of benzene rings is 1. The Hall–Kier alpha value is -2.56. The molecule has 5 nitrogen and oxygen atoms in total. The fraction of sp³-hybridized carbons (Fsp3) is 0.478. The minimum atomic E-state index is -0.157. The lowest BCUT2D eigenvalue weighted by Crippen LogP contribution is -2.39. The summed E-state index contributed by atoms with van der Waals surface area (Å²) in [6.07, 6.45) is 0.868. The molecule has 28 heavy (non-hydrogen) atoms. The molecule has 0 radical (unpaired) electrons. The van der Waals surface area contributed by atoms with Gasteiger partial charge < -0.3 is 9.88 Å². The third-order valence-electron chi connectivity index (χ3n) is 5.78. The lowest BCUT2D eigenvalue weighted by Gasteiger charge is -2.33. The van der Waals surface area contributed by atoms with Crippen LogP contribution in [0.25, 0.3) is 10.9 Å². The Bertz CT molecular complexity index is 1030. The van der Waals surface area contributed by atoms with Gasteiger partial charge in [-0.3, -0.25) is 9.48 Å². The van der Waals surface area contributed by atoms with E-state index in [1.807, 2.05) is 21.7 Å². The van der Waals surface area contributed by atoms with E-state index in [4.69, 9.17) is 5.10 Å². The second kappa shape index (κ2) is 6.50. The number of hydrogen-bond donors (Lipinski definition) is 1. The second-order valence-electron chi connectivity index (χ2n) is 9.18. The largest absolute Gasteiger partial charge is 0.356 e. The van der Waals surface area contributed by atoms with E-state index in [9.17, 15) is 4.79 Å². The summed E-state index contributed by atoms with van der Waals surface area (Å²) >= 11 is 0. The van der Waals surface area contributed by atoms with Crippen molar-refractivity contribution >= 4 is 16.8 Å². The van der Waals surface area contributed by atoms with Gasteiger partial charge in [0.2, 0.25) is 0 Å². The van der Waals surface area contributed by atoms with E-state index in [0.29, 0.717) is 18.2 Å². The van der Waals surface area contributed by atoms with Crippen molar-refractivity contribution < 1.29 is 4.79 Å². The maximum absolute atomic E-state index is 13.4. The van der Waals surface area contributed by atoms with E-state index in [1.165, 1.54) is 10.9 Å². The maximum atomic E-state index is 13.4. The Balaban J connectivity index is 1.70. The molecule has 148 valence electrons. The standard InChI is InChI=1S/C23H30N4O/c1-14(2)20-13-19(25-27(20)23(4,5)6)22(28)26-12-11-17-16-9-7-8-10-18(16)24-21(17)15(26)3/h7-10,13-15,24H,11-12H2,1-6H3/t15-/m0/s1. The first kappa shape index (κ1) is 18.8. The van der Waals surface area contributed by atoms with Crippen LogP contribution in [0.2, 0.25) is 0 Å². The van der Waals surface area contributed by atoms with Gasteiger partial charge in [-0.1, -0.05) is 32.0 Å². The van der Waals surface area contributed by atoms with Crippen molar-refractivity contribution in [2.45, 2.75) is 65.5 Å². The molecule has 1 aliphatic rings. The minimum absolute atomic E-state index is 0.00550. The summed E-state index contributed by atoms with van der Waals surface area (Å²) in [4.78, 5) is 18.9. The smallest absolute Gasteiger partial charge is 0.274 e. The molecule has 0 fully saturated rings. The molecule has 0 bridgehead atoms. The van der Waals surface area contributed by atoms with Gasteiger partial charge in [-0.2, -0.15) is 5.10 Å². The summed E-state index contributed by atoms with van der Waals surface area (Å²) in [6, 6.07) is 10.4. The summed E-state index contributed by atoms with van der Waals surface area (Å²) in [6.45, 7) is 13.5.